The van der Waals surface area contributed by atoms with E-state index in [-0.39, 0.29) is 0 Å². The van der Waals surface area contributed by atoms with E-state index in [4.69, 9.17) is 9.47 Å². The van der Waals surface area contributed by atoms with E-state index in [1.165, 1.54) is 0 Å². The van der Waals surface area contributed by atoms with E-state index in [1.54, 1.807) is 14.2 Å². The normalized spacial score (nSPS) is 10.6. The number of aromatic nitrogens is 2. The molecule has 96 valence electrons. The SMILES string of the molecule is COc1ccc(-n2cc3cc(OC)ccc3n2)cc1. The zero-order chi connectivity index (χ0) is 13.2. The quantitative estimate of drug-likeness (QED) is 0.720. The molecule has 0 unspecified atom stereocenters. The first-order valence-electron chi connectivity index (χ1n) is 5.98. The Morgan fingerprint density at radius 3 is 2.26 bits per heavy atom. The van der Waals surface area contributed by atoms with Crippen molar-refractivity contribution in [1.29, 1.82) is 0 Å². The van der Waals surface area contributed by atoms with Crippen LogP contribution in [0.5, 0.6) is 11.5 Å². The second-order valence-corrected chi connectivity index (χ2v) is 4.20. The molecule has 0 fully saturated rings. The summed E-state index contributed by atoms with van der Waals surface area (Å²) in [6, 6.07) is 13.6. The Bertz CT molecular complexity index is 702. The summed E-state index contributed by atoms with van der Waals surface area (Å²) in [6.45, 7) is 0. The highest BCUT2D eigenvalue weighted by Gasteiger charge is 2.04. The lowest BCUT2D eigenvalue weighted by atomic mass is 10.2. The zero-order valence-electron chi connectivity index (χ0n) is 10.8. The van der Waals surface area contributed by atoms with Gasteiger partial charge in [-0.15, -0.1) is 0 Å². The van der Waals surface area contributed by atoms with Gasteiger partial charge in [0.2, 0.25) is 0 Å². The average Bonchev–Trinajstić information content (AvgIpc) is 2.90. The van der Waals surface area contributed by atoms with E-state index >= 15 is 0 Å². The maximum absolute atomic E-state index is 5.21. The van der Waals surface area contributed by atoms with Crippen LogP contribution in [0.2, 0.25) is 0 Å². The van der Waals surface area contributed by atoms with Crippen LogP contribution in [0.15, 0.2) is 48.7 Å². The van der Waals surface area contributed by atoms with Gasteiger partial charge in [-0.05, 0) is 42.5 Å². The van der Waals surface area contributed by atoms with Crippen molar-refractivity contribution in [2.75, 3.05) is 14.2 Å². The number of hydrogen-bond donors (Lipinski definition) is 0. The molecule has 0 atom stereocenters. The molecule has 0 aliphatic rings. The van der Waals surface area contributed by atoms with Crippen LogP contribution in [0.25, 0.3) is 16.6 Å². The monoisotopic (exact) mass is 254 g/mol. The van der Waals surface area contributed by atoms with Gasteiger partial charge in [0.15, 0.2) is 0 Å². The fourth-order valence-corrected chi connectivity index (χ4v) is 2.00. The summed E-state index contributed by atoms with van der Waals surface area (Å²) in [6.07, 6.45) is 1.99. The molecule has 1 aromatic heterocycles. The molecule has 3 rings (SSSR count). The van der Waals surface area contributed by atoms with Crippen LogP contribution < -0.4 is 9.47 Å². The molecule has 0 spiro atoms. The molecule has 0 saturated heterocycles. The molecule has 1 heterocycles. The van der Waals surface area contributed by atoms with Crippen LogP contribution in [0.3, 0.4) is 0 Å². The molecule has 0 bridgehead atoms. The largest absolute Gasteiger partial charge is 0.497 e. The third-order valence-corrected chi connectivity index (χ3v) is 3.05. The highest BCUT2D eigenvalue weighted by Crippen LogP contribution is 2.22. The number of methoxy groups -OCH3 is 2. The molecule has 4 heteroatoms. The molecule has 3 aromatic rings. The minimum absolute atomic E-state index is 0.835. The maximum Gasteiger partial charge on any atom is 0.119 e. The lowest BCUT2D eigenvalue weighted by Gasteiger charge is -2.02. The van der Waals surface area contributed by atoms with Crippen molar-refractivity contribution in [2.45, 2.75) is 0 Å². The lowest BCUT2D eigenvalue weighted by Crippen LogP contribution is -1.93. The van der Waals surface area contributed by atoms with Gasteiger partial charge >= 0.3 is 0 Å². The standard InChI is InChI=1S/C15H14N2O2/c1-18-13-5-3-12(4-6-13)17-10-11-9-14(19-2)7-8-15(11)16-17/h3-10H,1-2H3. The molecular weight excluding hydrogens is 240 g/mol. The topological polar surface area (TPSA) is 36.3 Å². The highest BCUT2D eigenvalue weighted by molar-refractivity contribution is 5.80. The molecule has 0 N–H and O–H groups in total. The molecule has 0 aliphatic carbocycles. The molecule has 0 amide bonds. The minimum Gasteiger partial charge on any atom is -0.497 e. The van der Waals surface area contributed by atoms with Gasteiger partial charge in [-0.3, -0.25) is 0 Å². The van der Waals surface area contributed by atoms with E-state index in [0.717, 1.165) is 28.1 Å². The number of fused-ring (bicyclic) bond motifs is 1. The fraction of sp³-hybridized carbons (Fsp3) is 0.133. The molecule has 0 aliphatic heterocycles. The van der Waals surface area contributed by atoms with Gasteiger partial charge in [0, 0.05) is 11.6 Å². The summed E-state index contributed by atoms with van der Waals surface area (Å²) in [5.41, 5.74) is 1.94. The number of ether oxygens (including phenoxy) is 2. The van der Waals surface area contributed by atoms with Crippen molar-refractivity contribution < 1.29 is 9.47 Å². The summed E-state index contributed by atoms with van der Waals surface area (Å²) in [7, 11) is 3.32. The Labute approximate surface area is 111 Å². The van der Waals surface area contributed by atoms with Gasteiger partial charge in [0.1, 0.15) is 11.5 Å². The number of rotatable bonds is 3. The fourth-order valence-electron chi connectivity index (χ4n) is 2.00. The average molecular weight is 254 g/mol. The van der Waals surface area contributed by atoms with E-state index in [0.29, 0.717) is 0 Å². The maximum atomic E-state index is 5.21. The molecule has 4 nitrogen and oxygen atoms in total. The Balaban J connectivity index is 2.04. The van der Waals surface area contributed by atoms with Gasteiger partial charge in [-0.1, -0.05) is 0 Å². The van der Waals surface area contributed by atoms with Crippen LogP contribution in [0.4, 0.5) is 0 Å². The van der Waals surface area contributed by atoms with E-state index in [9.17, 15) is 0 Å². The predicted octanol–water partition coefficient (Wildman–Crippen LogP) is 3.04. The zero-order valence-corrected chi connectivity index (χ0v) is 10.8. The van der Waals surface area contributed by atoms with E-state index < -0.39 is 0 Å². The molecule has 0 radical (unpaired) electrons. The van der Waals surface area contributed by atoms with Crippen molar-refractivity contribution >= 4 is 10.9 Å². The summed E-state index contributed by atoms with van der Waals surface area (Å²) in [5, 5.41) is 5.59. The summed E-state index contributed by atoms with van der Waals surface area (Å²) in [4.78, 5) is 0. The Morgan fingerprint density at radius 1 is 0.895 bits per heavy atom. The van der Waals surface area contributed by atoms with Crippen molar-refractivity contribution in [1.82, 2.24) is 9.78 Å². The second-order valence-electron chi connectivity index (χ2n) is 4.20. The van der Waals surface area contributed by atoms with Crippen LogP contribution in [0.1, 0.15) is 0 Å². The van der Waals surface area contributed by atoms with Crippen LogP contribution in [-0.2, 0) is 0 Å². The van der Waals surface area contributed by atoms with Gasteiger partial charge in [0.05, 0.1) is 25.4 Å². The van der Waals surface area contributed by atoms with Crippen LogP contribution >= 0.6 is 0 Å². The Kier molecular flexibility index (Phi) is 2.83. The smallest absolute Gasteiger partial charge is 0.119 e. The minimum atomic E-state index is 0.835. The first-order valence-corrected chi connectivity index (χ1v) is 5.98. The molecule has 19 heavy (non-hydrogen) atoms. The third-order valence-electron chi connectivity index (χ3n) is 3.05. The first kappa shape index (κ1) is 11.6. The lowest BCUT2D eigenvalue weighted by molar-refractivity contribution is 0.414. The molecule has 2 aromatic carbocycles. The van der Waals surface area contributed by atoms with Gasteiger partial charge in [-0.25, -0.2) is 4.68 Å². The molecule has 0 saturated carbocycles. The number of hydrogen-bond acceptors (Lipinski definition) is 3. The van der Waals surface area contributed by atoms with E-state index in [2.05, 4.69) is 5.10 Å². The predicted molar refractivity (Wildman–Crippen MR) is 74.2 cm³/mol. The Morgan fingerprint density at radius 2 is 1.58 bits per heavy atom. The Hall–Kier alpha value is -2.49. The van der Waals surface area contributed by atoms with Crippen molar-refractivity contribution in [3.63, 3.8) is 0 Å². The number of benzene rings is 2. The first-order chi connectivity index (χ1) is 9.30. The van der Waals surface area contributed by atoms with Gasteiger partial charge in [-0.2, -0.15) is 5.10 Å². The summed E-state index contributed by atoms with van der Waals surface area (Å²) >= 11 is 0. The van der Waals surface area contributed by atoms with Crippen molar-refractivity contribution in [3.8, 4) is 17.2 Å². The highest BCUT2D eigenvalue weighted by atomic mass is 16.5. The van der Waals surface area contributed by atoms with Gasteiger partial charge < -0.3 is 9.47 Å². The summed E-state index contributed by atoms with van der Waals surface area (Å²) in [5.74, 6) is 1.67. The van der Waals surface area contributed by atoms with Crippen molar-refractivity contribution in [3.05, 3.63) is 48.7 Å². The van der Waals surface area contributed by atoms with Crippen molar-refractivity contribution in [2.24, 2.45) is 0 Å². The third kappa shape index (κ3) is 2.12. The van der Waals surface area contributed by atoms with Crippen LogP contribution in [0, 0.1) is 0 Å². The second kappa shape index (κ2) is 4.65. The molecular formula is C15H14N2O2. The van der Waals surface area contributed by atoms with Crippen LogP contribution in [-0.4, -0.2) is 24.0 Å². The summed E-state index contributed by atoms with van der Waals surface area (Å²) < 4.78 is 12.2. The van der Waals surface area contributed by atoms with E-state index in [1.807, 2.05) is 53.3 Å². The number of nitrogens with zero attached hydrogens (tertiary/aromatic N) is 2. The van der Waals surface area contributed by atoms with Gasteiger partial charge in [0.25, 0.3) is 0 Å².